The van der Waals surface area contributed by atoms with E-state index >= 15 is 0 Å². The van der Waals surface area contributed by atoms with Gasteiger partial charge in [0.1, 0.15) is 18.1 Å². The molecule has 2 aromatic carbocycles. The summed E-state index contributed by atoms with van der Waals surface area (Å²) in [5.41, 5.74) is 6.05. The van der Waals surface area contributed by atoms with Crippen LogP contribution in [0.5, 0.6) is 11.5 Å². The van der Waals surface area contributed by atoms with Crippen LogP contribution in [0.1, 0.15) is 29.5 Å². The Hall–Kier alpha value is -2.52. The van der Waals surface area contributed by atoms with Crippen LogP contribution in [0.15, 0.2) is 54.1 Å². The lowest BCUT2D eigenvalue weighted by atomic mass is 9.94. The second-order valence-corrected chi connectivity index (χ2v) is 6.48. The lowest BCUT2D eigenvalue weighted by Crippen LogP contribution is -2.04. The average Bonchev–Trinajstić information content (AvgIpc) is 2.60. The van der Waals surface area contributed by atoms with Crippen LogP contribution >= 0.6 is 0 Å². The molecule has 0 amide bonds. The highest BCUT2D eigenvalue weighted by Gasteiger charge is 2.11. The van der Waals surface area contributed by atoms with Crippen LogP contribution in [0.25, 0.3) is 11.1 Å². The largest absolute Gasteiger partial charge is 0.508 e. The van der Waals surface area contributed by atoms with E-state index in [1.54, 1.807) is 12.1 Å². The number of ether oxygens (including phenoxy) is 1. The van der Waals surface area contributed by atoms with Crippen LogP contribution in [-0.2, 0) is 6.61 Å². The Balaban J connectivity index is 1.87. The molecule has 0 heterocycles. The van der Waals surface area contributed by atoms with Crippen molar-refractivity contribution in [1.29, 1.82) is 0 Å². The van der Waals surface area contributed by atoms with Gasteiger partial charge < -0.3 is 14.9 Å². The van der Waals surface area contributed by atoms with Crippen molar-refractivity contribution in [3.8, 4) is 22.6 Å². The lowest BCUT2D eigenvalue weighted by Gasteiger charge is -2.16. The van der Waals surface area contributed by atoms with E-state index in [4.69, 9.17) is 4.74 Å². The Morgan fingerprint density at radius 1 is 1.04 bits per heavy atom. The zero-order valence-electron chi connectivity index (χ0n) is 14.7. The smallest absolute Gasteiger partial charge is 0.125 e. The zero-order chi connectivity index (χ0) is 17.8. The fourth-order valence-electron chi connectivity index (χ4n) is 3.33. The van der Waals surface area contributed by atoms with Gasteiger partial charge in [-0.3, -0.25) is 0 Å². The summed E-state index contributed by atoms with van der Waals surface area (Å²) in [6, 6.07) is 9.40. The Morgan fingerprint density at radius 2 is 1.80 bits per heavy atom. The van der Waals surface area contributed by atoms with E-state index in [-0.39, 0.29) is 12.4 Å². The van der Waals surface area contributed by atoms with Crippen LogP contribution in [0, 0.1) is 13.8 Å². The Morgan fingerprint density at radius 3 is 2.44 bits per heavy atom. The molecular formula is C22H24O3. The number of rotatable bonds is 5. The monoisotopic (exact) mass is 336 g/mol. The van der Waals surface area contributed by atoms with Crippen molar-refractivity contribution in [1.82, 2.24) is 0 Å². The van der Waals surface area contributed by atoms with Crippen molar-refractivity contribution in [2.75, 3.05) is 6.61 Å². The Bertz CT molecular complexity index is 808. The van der Waals surface area contributed by atoms with Crippen molar-refractivity contribution in [3.63, 3.8) is 0 Å². The number of aromatic hydroxyl groups is 1. The van der Waals surface area contributed by atoms with Crippen LogP contribution in [-0.4, -0.2) is 16.8 Å². The van der Waals surface area contributed by atoms with E-state index in [2.05, 4.69) is 18.2 Å². The standard InChI is InChI=1S/C22H24O3/c1-15-10-20(24)11-16(2)22(15)18-8-9-21(19(12-18)13-23)25-14-17-6-4-3-5-7-17/h4,6-12,23-24H,3,5,13-14H2,1-2H3. The molecule has 3 nitrogen and oxygen atoms in total. The van der Waals surface area contributed by atoms with Crippen molar-refractivity contribution in [3.05, 3.63) is 70.8 Å². The maximum atomic E-state index is 9.76. The van der Waals surface area contributed by atoms with Gasteiger partial charge in [0.15, 0.2) is 0 Å². The van der Waals surface area contributed by atoms with Crippen LogP contribution in [0.3, 0.4) is 0 Å². The number of hydrogen-bond acceptors (Lipinski definition) is 3. The van der Waals surface area contributed by atoms with Gasteiger partial charge in [-0.1, -0.05) is 24.3 Å². The van der Waals surface area contributed by atoms with Crippen LogP contribution in [0.4, 0.5) is 0 Å². The average molecular weight is 336 g/mol. The van der Waals surface area contributed by atoms with Gasteiger partial charge in [-0.25, -0.2) is 0 Å². The quantitative estimate of drug-likeness (QED) is 0.823. The molecule has 0 atom stereocenters. The normalized spacial score (nSPS) is 13.6. The van der Waals surface area contributed by atoms with E-state index in [9.17, 15) is 10.2 Å². The number of phenols is 1. The molecule has 3 rings (SSSR count). The Kier molecular flexibility index (Phi) is 5.25. The van der Waals surface area contributed by atoms with Crippen LogP contribution in [0.2, 0.25) is 0 Å². The number of hydrogen-bond donors (Lipinski definition) is 2. The van der Waals surface area contributed by atoms with Gasteiger partial charge in [0, 0.05) is 5.56 Å². The van der Waals surface area contributed by atoms with Crippen molar-refractivity contribution >= 4 is 0 Å². The van der Waals surface area contributed by atoms with Gasteiger partial charge in [0.25, 0.3) is 0 Å². The molecule has 3 heteroatoms. The minimum atomic E-state index is -0.0752. The minimum absolute atomic E-state index is 0.0752. The molecule has 0 fully saturated rings. The van der Waals surface area contributed by atoms with Gasteiger partial charge in [0.05, 0.1) is 6.61 Å². The zero-order valence-corrected chi connectivity index (χ0v) is 14.7. The summed E-state index contributed by atoms with van der Waals surface area (Å²) in [5, 5.41) is 19.5. The van der Waals surface area contributed by atoms with Gasteiger partial charge >= 0.3 is 0 Å². The summed E-state index contributed by atoms with van der Waals surface area (Å²) >= 11 is 0. The molecule has 25 heavy (non-hydrogen) atoms. The molecule has 0 aromatic heterocycles. The number of benzene rings is 2. The molecule has 0 saturated heterocycles. The van der Waals surface area contributed by atoms with E-state index in [1.807, 2.05) is 32.0 Å². The molecular weight excluding hydrogens is 312 g/mol. The van der Waals surface area contributed by atoms with E-state index < -0.39 is 0 Å². The number of aryl methyl sites for hydroxylation is 2. The van der Waals surface area contributed by atoms with Gasteiger partial charge in [-0.2, -0.15) is 0 Å². The molecule has 0 aliphatic heterocycles. The maximum Gasteiger partial charge on any atom is 0.125 e. The van der Waals surface area contributed by atoms with Gasteiger partial charge in [0.2, 0.25) is 0 Å². The molecule has 1 aliphatic carbocycles. The molecule has 0 saturated carbocycles. The fraction of sp³-hybridized carbons (Fsp3) is 0.273. The molecule has 130 valence electrons. The lowest BCUT2D eigenvalue weighted by molar-refractivity contribution is 0.269. The fourth-order valence-corrected chi connectivity index (χ4v) is 3.33. The second kappa shape index (κ2) is 7.58. The van der Waals surface area contributed by atoms with Gasteiger partial charge in [-0.15, -0.1) is 0 Å². The predicted octanol–water partition coefficient (Wildman–Crippen LogP) is 4.82. The Labute approximate surface area is 148 Å². The minimum Gasteiger partial charge on any atom is -0.508 e. The summed E-state index contributed by atoms with van der Waals surface area (Å²) in [6.45, 7) is 4.40. The number of aliphatic hydroxyl groups excluding tert-OH is 1. The molecule has 2 aromatic rings. The third-order valence-electron chi connectivity index (χ3n) is 4.50. The first-order chi connectivity index (χ1) is 12.1. The predicted molar refractivity (Wildman–Crippen MR) is 101 cm³/mol. The molecule has 2 N–H and O–H groups in total. The van der Waals surface area contributed by atoms with Crippen LogP contribution < -0.4 is 4.74 Å². The van der Waals surface area contributed by atoms with Crippen molar-refractivity contribution < 1.29 is 14.9 Å². The third kappa shape index (κ3) is 3.94. The van der Waals surface area contributed by atoms with Crippen molar-refractivity contribution in [2.45, 2.75) is 33.3 Å². The summed E-state index contributed by atoms with van der Waals surface area (Å²) < 4.78 is 5.92. The van der Waals surface area contributed by atoms with Gasteiger partial charge in [-0.05, 0) is 78.8 Å². The summed E-state index contributed by atoms with van der Waals surface area (Å²) in [6.07, 6.45) is 8.59. The molecule has 0 radical (unpaired) electrons. The van der Waals surface area contributed by atoms with E-state index in [0.717, 1.165) is 40.7 Å². The number of aliphatic hydroxyl groups is 1. The first-order valence-corrected chi connectivity index (χ1v) is 8.61. The van der Waals surface area contributed by atoms with E-state index in [1.165, 1.54) is 5.57 Å². The first kappa shape index (κ1) is 17.3. The molecule has 0 spiro atoms. The highest BCUT2D eigenvalue weighted by atomic mass is 16.5. The highest BCUT2D eigenvalue weighted by molar-refractivity contribution is 5.73. The molecule has 0 bridgehead atoms. The second-order valence-electron chi connectivity index (χ2n) is 6.48. The molecule has 0 unspecified atom stereocenters. The maximum absolute atomic E-state index is 9.76. The SMILES string of the molecule is Cc1cc(O)cc(C)c1-c1ccc(OCC2=CCCC=C2)c(CO)c1. The summed E-state index contributed by atoms with van der Waals surface area (Å²) in [5.74, 6) is 0.982. The summed E-state index contributed by atoms with van der Waals surface area (Å²) in [4.78, 5) is 0. The number of phenolic OH excluding ortho intramolecular Hbond substituents is 1. The number of allylic oxidation sites excluding steroid dienone is 2. The first-order valence-electron chi connectivity index (χ1n) is 8.61. The molecule has 1 aliphatic rings. The van der Waals surface area contributed by atoms with Crippen molar-refractivity contribution in [2.24, 2.45) is 0 Å². The highest BCUT2D eigenvalue weighted by Crippen LogP contribution is 2.33. The summed E-state index contributed by atoms with van der Waals surface area (Å²) in [7, 11) is 0. The van der Waals surface area contributed by atoms with E-state index in [0.29, 0.717) is 12.4 Å². The topological polar surface area (TPSA) is 49.7 Å². The third-order valence-corrected chi connectivity index (χ3v) is 4.50.